The first-order valence-corrected chi connectivity index (χ1v) is 5.86. The molecule has 2 aromatic rings. The van der Waals surface area contributed by atoms with Gasteiger partial charge in [-0.25, -0.2) is 9.37 Å². The lowest BCUT2D eigenvalue weighted by atomic mass is 10.1. The van der Waals surface area contributed by atoms with Gasteiger partial charge in [0.15, 0.2) is 0 Å². The molecule has 3 nitrogen and oxygen atoms in total. The van der Waals surface area contributed by atoms with Gasteiger partial charge in [-0.05, 0) is 43.2 Å². The number of nitrogens with zero attached hydrogens (tertiary/aromatic N) is 1. The van der Waals surface area contributed by atoms with E-state index in [0.29, 0.717) is 5.82 Å². The molecule has 0 saturated carbocycles. The molecule has 0 aliphatic carbocycles. The van der Waals surface area contributed by atoms with Gasteiger partial charge >= 0.3 is 0 Å². The van der Waals surface area contributed by atoms with Crippen molar-refractivity contribution in [2.45, 2.75) is 19.4 Å². The van der Waals surface area contributed by atoms with Crippen LogP contribution in [0.2, 0.25) is 0 Å². The Morgan fingerprint density at radius 1 is 1.28 bits per heavy atom. The molecule has 0 aliphatic heterocycles. The van der Waals surface area contributed by atoms with Gasteiger partial charge < -0.3 is 11.1 Å². The number of rotatable bonds is 4. The quantitative estimate of drug-likeness (QED) is 0.870. The molecule has 0 bridgehead atoms. The number of hydrogen-bond acceptors (Lipinski definition) is 3. The molecule has 18 heavy (non-hydrogen) atoms. The Hall–Kier alpha value is -2.10. The van der Waals surface area contributed by atoms with Gasteiger partial charge in [0.1, 0.15) is 11.6 Å². The van der Waals surface area contributed by atoms with E-state index >= 15 is 0 Å². The maximum Gasteiger partial charge on any atom is 0.146 e. The van der Waals surface area contributed by atoms with E-state index in [2.05, 4.69) is 17.2 Å². The van der Waals surface area contributed by atoms with Crippen molar-refractivity contribution in [1.29, 1.82) is 0 Å². The zero-order valence-electron chi connectivity index (χ0n) is 10.2. The van der Waals surface area contributed by atoms with Gasteiger partial charge in [0.05, 0.1) is 5.69 Å². The Labute approximate surface area is 106 Å². The van der Waals surface area contributed by atoms with Gasteiger partial charge in [0, 0.05) is 12.2 Å². The third-order valence-corrected chi connectivity index (χ3v) is 2.70. The molecule has 1 heterocycles. The number of nitrogen functional groups attached to an aromatic ring is 1. The predicted molar refractivity (Wildman–Crippen MR) is 71.8 cm³/mol. The Bertz CT molecular complexity index is 511. The Balaban J connectivity index is 1.99. The SMILES string of the molecule is CC(Cc1ccc(F)cc1)Nc1cccnc1N. The molecule has 0 aliphatic rings. The number of halogens is 1. The van der Waals surface area contributed by atoms with Crippen LogP contribution in [0.1, 0.15) is 12.5 Å². The molecule has 4 heteroatoms. The Kier molecular flexibility index (Phi) is 3.77. The van der Waals surface area contributed by atoms with E-state index in [1.54, 1.807) is 18.3 Å². The highest BCUT2D eigenvalue weighted by Gasteiger charge is 2.06. The molecule has 3 N–H and O–H groups in total. The molecule has 2 rings (SSSR count). The van der Waals surface area contributed by atoms with E-state index in [-0.39, 0.29) is 11.9 Å². The molecule has 94 valence electrons. The molecule has 0 fully saturated rings. The lowest BCUT2D eigenvalue weighted by Crippen LogP contribution is -2.19. The van der Waals surface area contributed by atoms with E-state index in [1.165, 1.54) is 12.1 Å². The molecule has 0 saturated heterocycles. The molecular weight excluding hydrogens is 229 g/mol. The van der Waals surface area contributed by atoms with Crippen molar-refractivity contribution in [3.8, 4) is 0 Å². The predicted octanol–water partition coefficient (Wildman–Crippen LogP) is 2.85. The number of aromatic nitrogens is 1. The molecule has 0 radical (unpaired) electrons. The molecule has 0 spiro atoms. The summed E-state index contributed by atoms with van der Waals surface area (Å²) >= 11 is 0. The lowest BCUT2D eigenvalue weighted by molar-refractivity contribution is 0.626. The van der Waals surface area contributed by atoms with Crippen molar-refractivity contribution < 1.29 is 4.39 Å². The summed E-state index contributed by atoms with van der Waals surface area (Å²) in [6.07, 6.45) is 2.46. The highest BCUT2D eigenvalue weighted by Crippen LogP contribution is 2.16. The van der Waals surface area contributed by atoms with Crippen molar-refractivity contribution >= 4 is 11.5 Å². The number of nitrogens with two attached hydrogens (primary N) is 1. The number of hydrogen-bond donors (Lipinski definition) is 2. The van der Waals surface area contributed by atoms with E-state index in [4.69, 9.17) is 5.73 Å². The van der Waals surface area contributed by atoms with Crippen molar-refractivity contribution in [3.05, 3.63) is 54.0 Å². The normalized spacial score (nSPS) is 12.1. The maximum absolute atomic E-state index is 12.8. The average Bonchev–Trinajstić information content (AvgIpc) is 2.35. The summed E-state index contributed by atoms with van der Waals surface area (Å²) in [5.74, 6) is 0.277. The van der Waals surface area contributed by atoms with E-state index < -0.39 is 0 Å². The highest BCUT2D eigenvalue weighted by atomic mass is 19.1. The second-order valence-corrected chi connectivity index (χ2v) is 4.31. The number of nitrogens with one attached hydrogen (secondary N) is 1. The monoisotopic (exact) mass is 245 g/mol. The summed E-state index contributed by atoms with van der Waals surface area (Å²) in [6, 6.07) is 10.5. The minimum absolute atomic E-state index is 0.196. The van der Waals surface area contributed by atoms with E-state index in [9.17, 15) is 4.39 Å². The largest absolute Gasteiger partial charge is 0.382 e. The number of anilines is 2. The summed E-state index contributed by atoms with van der Waals surface area (Å²) in [7, 11) is 0. The topological polar surface area (TPSA) is 50.9 Å². The van der Waals surface area contributed by atoms with Crippen LogP contribution in [-0.2, 0) is 6.42 Å². The molecule has 0 amide bonds. The van der Waals surface area contributed by atoms with Gasteiger partial charge in [-0.3, -0.25) is 0 Å². The van der Waals surface area contributed by atoms with Crippen molar-refractivity contribution in [2.24, 2.45) is 0 Å². The van der Waals surface area contributed by atoms with E-state index in [1.807, 2.05) is 12.1 Å². The Morgan fingerprint density at radius 3 is 2.67 bits per heavy atom. The summed E-state index contributed by atoms with van der Waals surface area (Å²) in [5, 5.41) is 3.29. The number of pyridine rings is 1. The fourth-order valence-electron chi connectivity index (χ4n) is 1.83. The average molecular weight is 245 g/mol. The van der Waals surface area contributed by atoms with Crippen LogP contribution >= 0.6 is 0 Å². The maximum atomic E-state index is 12.8. The van der Waals surface area contributed by atoms with Crippen LogP contribution < -0.4 is 11.1 Å². The second-order valence-electron chi connectivity index (χ2n) is 4.31. The first-order chi connectivity index (χ1) is 8.65. The number of benzene rings is 1. The summed E-state index contributed by atoms with van der Waals surface area (Å²) in [6.45, 7) is 2.05. The molecule has 1 unspecified atom stereocenters. The van der Waals surface area contributed by atoms with Crippen LogP contribution in [0.5, 0.6) is 0 Å². The van der Waals surface area contributed by atoms with Gasteiger partial charge in [0.2, 0.25) is 0 Å². The van der Waals surface area contributed by atoms with Crippen LogP contribution in [0.15, 0.2) is 42.6 Å². The highest BCUT2D eigenvalue weighted by molar-refractivity contribution is 5.61. The van der Waals surface area contributed by atoms with Gasteiger partial charge in [-0.15, -0.1) is 0 Å². The second kappa shape index (κ2) is 5.49. The summed E-state index contributed by atoms with van der Waals surface area (Å²) < 4.78 is 12.8. The van der Waals surface area contributed by atoms with Gasteiger partial charge in [0.25, 0.3) is 0 Å². The van der Waals surface area contributed by atoms with Crippen LogP contribution in [0, 0.1) is 5.82 Å². The van der Waals surface area contributed by atoms with Crippen LogP contribution in [0.25, 0.3) is 0 Å². The molecular formula is C14H16FN3. The van der Waals surface area contributed by atoms with Crippen LogP contribution in [0.3, 0.4) is 0 Å². The molecule has 1 atom stereocenters. The fourth-order valence-corrected chi connectivity index (χ4v) is 1.83. The lowest BCUT2D eigenvalue weighted by Gasteiger charge is -2.16. The first kappa shape index (κ1) is 12.4. The van der Waals surface area contributed by atoms with E-state index in [0.717, 1.165) is 17.7 Å². The first-order valence-electron chi connectivity index (χ1n) is 5.86. The van der Waals surface area contributed by atoms with Crippen molar-refractivity contribution in [2.75, 3.05) is 11.1 Å². The summed E-state index contributed by atoms with van der Waals surface area (Å²) in [4.78, 5) is 4.02. The molecule has 1 aromatic carbocycles. The Morgan fingerprint density at radius 2 is 2.00 bits per heavy atom. The standard InChI is InChI=1S/C14H16FN3/c1-10(9-11-4-6-12(15)7-5-11)18-13-3-2-8-17-14(13)16/h2-8,10,18H,9H2,1H3,(H2,16,17). The van der Waals surface area contributed by atoms with Crippen LogP contribution in [0.4, 0.5) is 15.9 Å². The zero-order valence-corrected chi connectivity index (χ0v) is 10.2. The minimum Gasteiger partial charge on any atom is -0.382 e. The zero-order chi connectivity index (χ0) is 13.0. The third-order valence-electron chi connectivity index (χ3n) is 2.70. The van der Waals surface area contributed by atoms with Crippen LogP contribution in [-0.4, -0.2) is 11.0 Å². The fraction of sp³-hybridized carbons (Fsp3) is 0.214. The molecule has 1 aromatic heterocycles. The minimum atomic E-state index is -0.212. The summed E-state index contributed by atoms with van der Waals surface area (Å²) in [5.41, 5.74) is 7.67. The third kappa shape index (κ3) is 3.20. The van der Waals surface area contributed by atoms with Crippen molar-refractivity contribution in [3.63, 3.8) is 0 Å². The van der Waals surface area contributed by atoms with Crippen molar-refractivity contribution in [1.82, 2.24) is 4.98 Å². The smallest absolute Gasteiger partial charge is 0.146 e. The van der Waals surface area contributed by atoms with Gasteiger partial charge in [-0.1, -0.05) is 12.1 Å². The van der Waals surface area contributed by atoms with Gasteiger partial charge in [-0.2, -0.15) is 0 Å².